The Kier molecular flexibility index (Phi) is 8.68. The molecule has 1 aliphatic carbocycles. The van der Waals surface area contributed by atoms with E-state index in [0.717, 1.165) is 0 Å². The molecule has 1 aliphatic rings. The molecule has 34 heavy (non-hydrogen) atoms. The highest BCUT2D eigenvalue weighted by Gasteiger charge is 2.47. The maximum Gasteiger partial charge on any atom is 0.408 e. The molecule has 0 spiro atoms. The fourth-order valence-corrected chi connectivity index (χ4v) is 3.47. The van der Waals surface area contributed by atoms with E-state index < -0.39 is 41.6 Å². The van der Waals surface area contributed by atoms with Crippen molar-refractivity contribution in [2.45, 2.75) is 64.8 Å². The van der Waals surface area contributed by atoms with E-state index in [9.17, 15) is 19.2 Å². The largest absolute Gasteiger partial charge is 0.468 e. The second kappa shape index (κ2) is 11.1. The Bertz CT molecular complexity index is 960. The highest BCUT2D eigenvalue weighted by atomic mass is 16.6. The van der Waals surface area contributed by atoms with E-state index in [1.807, 2.05) is 6.92 Å². The van der Waals surface area contributed by atoms with Gasteiger partial charge in [-0.25, -0.2) is 4.79 Å². The van der Waals surface area contributed by atoms with Crippen molar-refractivity contribution in [2.75, 3.05) is 13.7 Å². The number of hydrogen-bond acceptors (Lipinski definition) is 6. The Morgan fingerprint density at radius 1 is 1.21 bits per heavy atom. The lowest BCUT2D eigenvalue weighted by Crippen LogP contribution is -2.53. The summed E-state index contributed by atoms with van der Waals surface area (Å²) in [6, 6.07) is 4.50. The van der Waals surface area contributed by atoms with Crippen LogP contribution in [0.3, 0.4) is 0 Å². The van der Waals surface area contributed by atoms with E-state index in [2.05, 4.69) is 21.3 Å². The van der Waals surface area contributed by atoms with Crippen molar-refractivity contribution in [1.82, 2.24) is 15.5 Å². The number of nitrogens with one attached hydrogen (secondary N) is 2. The van der Waals surface area contributed by atoms with Crippen LogP contribution in [0.5, 0.6) is 0 Å². The van der Waals surface area contributed by atoms with Crippen molar-refractivity contribution in [1.29, 1.82) is 0 Å². The van der Waals surface area contributed by atoms with Crippen molar-refractivity contribution < 1.29 is 28.7 Å². The molecule has 2 rings (SSSR count). The molecule has 0 aliphatic heterocycles. The Balaban J connectivity index is 2.37. The zero-order valence-corrected chi connectivity index (χ0v) is 20.5. The van der Waals surface area contributed by atoms with E-state index >= 15 is 0 Å². The molecule has 0 aromatic heterocycles. The summed E-state index contributed by atoms with van der Waals surface area (Å²) >= 11 is 0. The van der Waals surface area contributed by atoms with Crippen LogP contribution in [0.1, 0.15) is 58.2 Å². The number of carbonyl (C=O) groups is 4. The Morgan fingerprint density at radius 2 is 1.79 bits per heavy atom. The van der Waals surface area contributed by atoms with E-state index in [0.29, 0.717) is 17.5 Å². The van der Waals surface area contributed by atoms with Crippen LogP contribution in [0.25, 0.3) is 0 Å². The molecule has 3 amide bonds. The predicted octanol–water partition coefficient (Wildman–Crippen LogP) is 2.15. The van der Waals surface area contributed by atoms with Crippen molar-refractivity contribution in [3.8, 4) is 12.3 Å². The van der Waals surface area contributed by atoms with Gasteiger partial charge in [-0.05, 0) is 57.7 Å². The molecule has 0 saturated heterocycles. The van der Waals surface area contributed by atoms with Gasteiger partial charge in [-0.15, -0.1) is 6.42 Å². The number of carbonyl (C=O) groups excluding carboxylic acids is 4. The summed E-state index contributed by atoms with van der Waals surface area (Å²) in [5.74, 6) is 1.08. The zero-order chi connectivity index (χ0) is 25.6. The number of nitrogens with zero attached hydrogens (tertiary/aromatic N) is 1. The lowest BCUT2D eigenvalue weighted by atomic mass is 10.0. The number of benzene rings is 1. The van der Waals surface area contributed by atoms with Crippen LogP contribution in [0.15, 0.2) is 24.3 Å². The number of esters is 1. The molecule has 0 radical (unpaired) electrons. The first kappa shape index (κ1) is 26.7. The van der Waals surface area contributed by atoms with E-state index in [1.54, 1.807) is 45.0 Å². The maximum absolute atomic E-state index is 13.6. The number of amides is 3. The molecule has 4 atom stereocenters. The molecular formula is C25H33N3O6. The Morgan fingerprint density at radius 3 is 2.26 bits per heavy atom. The minimum Gasteiger partial charge on any atom is -0.468 e. The number of terminal acetylenes is 1. The monoisotopic (exact) mass is 471 g/mol. The molecule has 9 nitrogen and oxygen atoms in total. The average molecular weight is 472 g/mol. The number of alkyl carbamates (subject to hydrolysis) is 1. The maximum atomic E-state index is 13.6. The van der Waals surface area contributed by atoms with Gasteiger partial charge >= 0.3 is 12.1 Å². The van der Waals surface area contributed by atoms with Gasteiger partial charge in [0.15, 0.2) is 0 Å². The molecule has 0 heterocycles. The second-order valence-electron chi connectivity index (χ2n) is 9.36. The summed E-state index contributed by atoms with van der Waals surface area (Å²) in [6.07, 6.45) is 5.42. The fraction of sp³-hybridized carbons (Fsp3) is 0.520. The fourth-order valence-electron chi connectivity index (χ4n) is 3.47. The smallest absolute Gasteiger partial charge is 0.408 e. The lowest BCUT2D eigenvalue weighted by Gasteiger charge is -2.34. The molecule has 1 saturated carbocycles. The molecule has 4 unspecified atom stereocenters. The molecule has 1 aromatic rings. The summed E-state index contributed by atoms with van der Waals surface area (Å²) in [6.45, 7) is 8.33. The summed E-state index contributed by atoms with van der Waals surface area (Å²) in [4.78, 5) is 52.2. The Labute approximate surface area is 200 Å². The van der Waals surface area contributed by atoms with Gasteiger partial charge in [-0.1, -0.05) is 25.0 Å². The molecule has 9 heteroatoms. The van der Waals surface area contributed by atoms with Crippen LogP contribution in [0.4, 0.5) is 4.79 Å². The van der Waals surface area contributed by atoms with Gasteiger partial charge in [0.2, 0.25) is 11.8 Å². The quantitative estimate of drug-likeness (QED) is 0.444. The van der Waals surface area contributed by atoms with Crippen molar-refractivity contribution in [3.05, 3.63) is 35.4 Å². The highest BCUT2D eigenvalue weighted by Crippen LogP contribution is 2.40. The second-order valence-corrected chi connectivity index (χ2v) is 9.36. The van der Waals surface area contributed by atoms with E-state index in [-0.39, 0.29) is 18.5 Å². The SMILES string of the molecule is C#Cc1ccc(C(C(=O)NCC(=O)OC)N(C(=O)C(C)NC(=O)OC(C)(C)C)C2CC2C)cc1. The molecular weight excluding hydrogens is 438 g/mol. The zero-order valence-electron chi connectivity index (χ0n) is 20.5. The topological polar surface area (TPSA) is 114 Å². The summed E-state index contributed by atoms with van der Waals surface area (Å²) in [7, 11) is 1.22. The first-order chi connectivity index (χ1) is 15.9. The number of rotatable bonds is 8. The minimum absolute atomic E-state index is 0.165. The average Bonchev–Trinajstić information content (AvgIpc) is 3.49. The van der Waals surface area contributed by atoms with Crippen molar-refractivity contribution in [3.63, 3.8) is 0 Å². The summed E-state index contributed by atoms with van der Waals surface area (Å²) in [5, 5.41) is 5.10. The van der Waals surface area contributed by atoms with Crippen LogP contribution in [-0.2, 0) is 23.9 Å². The third kappa shape index (κ3) is 7.24. The molecule has 184 valence electrons. The van der Waals surface area contributed by atoms with Crippen molar-refractivity contribution in [2.24, 2.45) is 5.92 Å². The van der Waals surface area contributed by atoms with Gasteiger partial charge in [-0.3, -0.25) is 14.4 Å². The van der Waals surface area contributed by atoms with Crippen LogP contribution in [0, 0.1) is 18.3 Å². The highest BCUT2D eigenvalue weighted by molar-refractivity contribution is 5.93. The molecule has 0 bridgehead atoms. The summed E-state index contributed by atoms with van der Waals surface area (Å²) < 4.78 is 9.87. The predicted molar refractivity (Wildman–Crippen MR) is 125 cm³/mol. The minimum atomic E-state index is -1.04. The lowest BCUT2D eigenvalue weighted by molar-refractivity contribution is -0.145. The molecule has 1 aromatic carbocycles. The van der Waals surface area contributed by atoms with Crippen molar-refractivity contribution >= 4 is 23.9 Å². The standard InChI is InChI=1S/C25H33N3O6/c1-8-17-9-11-18(12-10-17)21(22(30)26-14-20(29)33-7)28(19-13-15(19)2)23(31)16(3)27-24(32)34-25(4,5)6/h1,9-12,15-16,19,21H,13-14H2,2-7H3,(H,26,30)(H,27,32). The molecule has 1 fully saturated rings. The van der Waals surface area contributed by atoms with E-state index in [1.165, 1.54) is 18.9 Å². The number of methoxy groups -OCH3 is 1. The van der Waals surface area contributed by atoms with Crippen LogP contribution < -0.4 is 10.6 Å². The van der Waals surface area contributed by atoms with Gasteiger partial charge in [0.1, 0.15) is 24.2 Å². The summed E-state index contributed by atoms with van der Waals surface area (Å²) in [5.41, 5.74) is 0.417. The molecule has 2 N–H and O–H groups in total. The first-order valence-electron chi connectivity index (χ1n) is 11.1. The third-order valence-electron chi connectivity index (χ3n) is 5.34. The van der Waals surface area contributed by atoms with E-state index in [4.69, 9.17) is 11.2 Å². The van der Waals surface area contributed by atoms with Gasteiger partial charge in [0.25, 0.3) is 0 Å². The van der Waals surface area contributed by atoms with Gasteiger partial charge < -0.3 is 25.0 Å². The number of hydrogen-bond donors (Lipinski definition) is 2. The normalized spacial score (nSPS) is 18.5. The first-order valence-corrected chi connectivity index (χ1v) is 11.1. The number of ether oxygens (including phenoxy) is 2. The van der Waals surface area contributed by atoms with Crippen LogP contribution in [-0.4, -0.2) is 60.1 Å². The third-order valence-corrected chi connectivity index (χ3v) is 5.34. The van der Waals surface area contributed by atoms with Gasteiger partial charge in [-0.2, -0.15) is 0 Å². The van der Waals surface area contributed by atoms with Gasteiger partial charge in [0.05, 0.1) is 7.11 Å². The Hall–Kier alpha value is -3.54. The van der Waals surface area contributed by atoms with Crippen LogP contribution >= 0.6 is 0 Å². The van der Waals surface area contributed by atoms with Crippen LogP contribution in [0.2, 0.25) is 0 Å². The van der Waals surface area contributed by atoms with Gasteiger partial charge in [0, 0.05) is 11.6 Å².